The van der Waals surface area contributed by atoms with Crippen molar-refractivity contribution in [3.8, 4) is 22.6 Å². The number of hydrogen-bond donors (Lipinski definition) is 1. The van der Waals surface area contributed by atoms with E-state index in [2.05, 4.69) is 0 Å². The fourth-order valence-electron chi connectivity index (χ4n) is 2.02. The van der Waals surface area contributed by atoms with Crippen LogP contribution in [0.4, 0.5) is 0 Å². The summed E-state index contributed by atoms with van der Waals surface area (Å²) in [4.78, 5) is 33.3. The molecular weight excluding hydrogens is 300 g/mol. The quantitative estimate of drug-likeness (QED) is 0.689. The van der Waals surface area contributed by atoms with Gasteiger partial charge >= 0.3 is 17.9 Å². The highest BCUT2D eigenvalue weighted by atomic mass is 16.5. The smallest absolute Gasteiger partial charge is 0.339 e. The van der Waals surface area contributed by atoms with Gasteiger partial charge < -0.3 is 14.6 Å². The van der Waals surface area contributed by atoms with Crippen LogP contribution in [0.5, 0.6) is 11.5 Å². The fourth-order valence-corrected chi connectivity index (χ4v) is 2.02. The molecule has 1 N–H and O–H groups in total. The summed E-state index contributed by atoms with van der Waals surface area (Å²) in [6, 6.07) is 11.1. The molecule has 0 aliphatic heterocycles. The Balaban J connectivity index is 2.45. The van der Waals surface area contributed by atoms with Crippen LogP contribution in [-0.2, 0) is 9.59 Å². The first kappa shape index (κ1) is 16.2. The molecule has 0 saturated heterocycles. The Morgan fingerprint density at radius 2 is 1.52 bits per heavy atom. The molecule has 0 fully saturated rings. The number of benzene rings is 2. The average Bonchev–Trinajstić information content (AvgIpc) is 2.45. The lowest BCUT2D eigenvalue weighted by molar-refractivity contribution is -0.132. The molecule has 2 rings (SSSR count). The Hall–Kier alpha value is -3.15. The minimum absolute atomic E-state index is 0.0413. The zero-order valence-electron chi connectivity index (χ0n) is 12.5. The summed E-state index contributed by atoms with van der Waals surface area (Å²) in [5.41, 5.74) is 1.20. The van der Waals surface area contributed by atoms with Crippen LogP contribution in [0.25, 0.3) is 11.1 Å². The van der Waals surface area contributed by atoms with Crippen LogP contribution in [0, 0.1) is 0 Å². The van der Waals surface area contributed by atoms with Gasteiger partial charge in [-0.25, -0.2) is 4.79 Å². The van der Waals surface area contributed by atoms with E-state index in [4.69, 9.17) is 14.6 Å². The molecule has 0 aliphatic rings. The summed E-state index contributed by atoms with van der Waals surface area (Å²) < 4.78 is 9.97. The SMILES string of the molecule is CC(=O)Oc1cccc(-c2ccc(C(=O)O)c(OC(C)=O)c2)c1. The number of aromatic carboxylic acids is 1. The first-order valence-electron chi connectivity index (χ1n) is 6.71. The molecule has 0 spiro atoms. The van der Waals surface area contributed by atoms with Gasteiger partial charge in [-0.1, -0.05) is 18.2 Å². The predicted octanol–water partition coefficient (Wildman–Crippen LogP) is 2.90. The van der Waals surface area contributed by atoms with E-state index in [0.717, 1.165) is 0 Å². The maximum absolute atomic E-state index is 11.2. The molecule has 0 saturated carbocycles. The first-order chi connectivity index (χ1) is 10.9. The molecule has 6 heteroatoms. The minimum Gasteiger partial charge on any atom is -0.478 e. The van der Waals surface area contributed by atoms with Crippen LogP contribution in [-0.4, -0.2) is 23.0 Å². The standard InChI is InChI=1S/C17H14O6/c1-10(18)22-14-5-3-4-12(8-14)13-6-7-15(17(20)21)16(9-13)23-11(2)19/h3-9H,1-2H3,(H,20,21). The molecule has 2 aromatic carbocycles. The topological polar surface area (TPSA) is 89.9 Å². The zero-order valence-corrected chi connectivity index (χ0v) is 12.5. The van der Waals surface area contributed by atoms with Crippen LogP contribution in [0.3, 0.4) is 0 Å². The van der Waals surface area contributed by atoms with E-state index in [1.807, 2.05) is 0 Å². The van der Waals surface area contributed by atoms with Gasteiger partial charge in [0.2, 0.25) is 0 Å². The van der Waals surface area contributed by atoms with Gasteiger partial charge in [0, 0.05) is 13.8 Å². The van der Waals surface area contributed by atoms with E-state index < -0.39 is 17.9 Å². The summed E-state index contributed by atoms with van der Waals surface area (Å²) in [5, 5.41) is 9.13. The Morgan fingerprint density at radius 1 is 0.870 bits per heavy atom. The van der Waals surface area contributed by atoms with E-state index in [0.29, 0.717) is 16.9 Å². The molecule has 23 heavy (non-hydrogen) atoms. The molecule has 118 valence electrons. The highest BCUT2D eigenvalue weighted by Crippen LogP contribution is 2.29. The molecule has 0 aromatic heterocycles. The number of ether oxygens (including phenoxy) is 2. The number of esters is 2. The number of rotatable bonds is 4. The van der Waals surface area contributed by atoms with Gasteiger partial charge in [-0.3, -0.25) is 9.59 Å². The van der Waals surface area contributed by atoms with E-state index in [1.54, 1.807) is 30.3 Å². The largest absolute Gasteiger partial charge is 0.478 e. The monoisotopic (exact) mass is 314 g/mol. The van der Waals surface area contributed by atoms with Crippen molar-refractivity contribution >= 4 is 17.9 Å². The number of carbonyl (C=O) groups excluding carboxylic acids is 2. The summed E-state index contributed by atoms with van der Waals surface area (Å²) in [6.07, 6.45) is 0. The molecule has 0 bridgehead atoms. The third kappa shape index (κ3) is 4.16. The fraction of sp³-hybridized carbons (Fsp3) is 0.118. The number of carboxylic acid groups (broad SMARTS) is 1. The van der Waals surface area contributed by atoms with Gasteiger partial charge in [0.05, 0.1) is 0 Å². The van der Waals surface area contributed by atoms with Gasteiger partial charge in [0.15, 0.2) is 0 Å². The summed E-state index contributed by atoms with van der Waals surface area (Å²) in [6.45, 7) is 2.49. The molecule has 6 nitrogen and oxygen atoms in total. The lowest BCUT2D eigenvalue weighted by atomic mass is 10.0. The molecule has 2 aromatic rings. The highest BCUT2D eigenvalue weighted by Gasteiger charge is 2.14. The van der Waals surface area contributed by atoms with Crippen LogP contribution >= 0.6 is 0 Å². The number of hydrogen-bond acceptors (Lipinski definition) is 5. The van der Waals surface area contributed by atoms with E-state index in [1.165, 1.54) is 26.0 Å². The van der Waals surface area contributed by atoms with E-state index >= 15 is 0 Å². The van der Waals surface area contributed by atoms with Crippen LogP contribution in [0.15, 0.2) is 42.5 Å². The maximum atomic E-state index is 11.2. The Bertz CT molecular complexity index is 778. The minimum atomic E-state index is -1.19. The van der Waals surface area contributed by atoms with Gasteiger partial charge in [-0.05, 0) is 35.4 Å². The number of carboxylic acids is 1. The lowest BCUT2D eigenvalue weighted by Gasteiger charge is -2.10. The second-order valence-corrected chi connectivity index (χ2v) is 4.73. The predicted molar refractivity (Wildman–Crippen MR) is 81.5 cm³/mol. The second-order valence-electron chi connectivity index (χ2n) is 4.73. The Labute approximate surface area is 132 Å². The summed E-state index contributed by atoms with van der Waals surface area (Å²) >= 11 is 0. The molecule has 0 aliphatic carbocycles. The second kappa shape index (κ2) is 6.74. The molecular formula is C17H14O6. The van der Waals surface area contributed by atoms with Crippen molar-refractivity contribution in [1.82, 2.24) is 0 Å². The van der Waals surface area contributed by atoms with Crippen molar-refractivity contribution in [3.05, 3.63) is 48.0 Å². The van der Waals surface area contributed by atoms with Gasteiger partial charge in [0.1, 0.15) is 17.1 Å². The van der Waals surface area contributed by atoms with Gasteiger partial charge in [-0.2, -0.15) is 0 Å². The van der Waals surface area contributed by atoms with E-state index in [9.17, 15) is 14.4 Å². The number of carbonyl (C=O) groups is 3. The third-order valence-electron chi connectivity index (χ3n) is 2.89. The van der Waals surface area contributed by atoms with Crippen molar-refractivity contribution in [3.63, 3.8) is 0 Å². The van der Waals surface area contributed by atoms with Gasteiger partial charge in [-0.15, -0.1) is 0 Å². The maximum Gasteiger partial charge on any atom is 0.339 e. The molecule has 0 unspecified atom stereocenters. The van der Waals surface area contributed by atoms with Crippen molar-refractivity contribution in [2.45, 2.75) is 13.8 Å². The Kier molecular flexibility index (Phi) is 4.75. The van der Waals surface area contributed by atoms with Crippen molar-refractivity contribution in [1.29, 1.82) is 0 Å². The molecule has 0 heterocycles. The molecule has 0 radical (unpaired) electrons. The molecule has 0 atom stereocenters. The van der Waals surface area contributed by atoms with Gasteiger partial charge in [0.25, 0.3) is 0 Å². The van der Waals surface area contributed by atoms with Crippen molar-refractivity contribution in [2.75, 3.05) is 0 Å². The molecule has 0 amide bonds. The highest BCUT2D eigenvalue weighted by molar-refractivity contribution is 5.93. The lowest BCUT2D eigenvalue weighted by Crippen LogP contribution is -2.07. The zero-order chi connectivity index (χ0) is 17.0. The van der Waals surface area contributed by atoms with E-state index in [-0.39, 0.29) is 11.3 Å². The third-order valence-corrected chi connectivity index (χ3v) is 2.89. The van der Waals surface area contributed by atoms with Crippen LogP contribution < -0.4 is 9.47 Å². The summed E-state index contributed by atoms with van der Waals surface area (Å²) in [5.74, 6) is -1.92. The van der Waals surface area contributed by atoms with Crippen molar-refractivity contribution in [2.24, 2.45) is 0 Å². The van der Waals surface area contributed by atoms with Crippen LogP contribution in [0.2, 0.25) is 0 Å². The summed E-state index contributed by atoms with van der Waals surface area (Å²) in [7, 11) is 0. The normalized spacial score (nSPS) is 10.0. The first-order valence-corrected chi connectivity index (χ1v) is 6.71. The van der Waals surface area contributed by atoms with Crippen molar-refractivity contribution < 1.29 is 29.0 Å². The average molecular weight is 314 g/mol. The van der Waals surface area contributed by atoms with Crippen LogP contribution in [0.1, 0.15) is 24.2 Å². The Morgan fingerprint density at radius 3 is 2.13 bits per heavy atom.